The molecular formula is C61H83N3O14. The first kappa shape index (κ1) is 61.0. The minimum absolute atomic E-state index is 0.0341. The zero-order valence-corrected chi connectivity index (χ0v) is 48.9. The molecule has 0 aliphatic carbocycles. The first-order valence-corrected chi connectivity index (χ1v) is 26.9. The van der Waals surface area contributed by atoms with Crippen LogP contribution in [0.25, 0.3) is 10.8 Å². The molecule has 1 fully saturated rings. The van der Waals surface area contributed by atoms with Crippen molar-refractivity contribution in [3.05, 3.63) is 81.7 Å². The van der Waals surface area contributed by atoms with Gasteiger partial charge < -0.3 is 54.0 Å². The molecule has 0 spiro atoms. The third-order valence-corrected chi connectivity index (χ3v) is 15.5. The first-order chi connectivity index (χ1) is 36.2. The van der Waals surface area contributed by atoms with Crippen LogP contribution in [0.5, 0.6) is 23.0 Å². The molecule has 78 heavy (non-hydrogen) atoms. The minimum atomic E-state index is -2.14. The summed E-state index contributed by atoms with van der Waals surface area (Å²) in [6.45, 7) is 31.2. The highest BCUT2D eigenvalue weighted by Crippen LogP contribution is 2.59. The van der Waals surface area contributed by atoms with Crippen LogP contribution in [0.1, 0.15) is 128 Å². The molecule has 0 radical (unpaired) electrons. The molecule has 0 aromatic heterocycles. The van der Waals surface area contributed by atoms with Crippen LogP contribution in [0.2, 0.25) is 0 Å². The van der Waals surface area contributed by atoms with E-state index in [1.165, 1.54) is 61.6 Å². The number of hydrogen-bond acceptors (Lipinski definition) is 16. The number of Topliss-reactive ketones (excluding diaryl/α,β-unsaturated/α-hetero) is 1. The minimum Gasteiger partial charge on any atom is -0.505 e. The van der Waals surface area contributed by atoms with E-state index in [-0.39, 0.29) is 56.1 Å². The number of nitrogens with one attached hydrogen (secondary N) is 1. The molecule has 17 heteroatoms. The molecule has 7 rings (SSSR count). The van der Waals surface area contributed by atoms with E-state index < -0.39 is 100 Å². The summed E-state index contributed by atoms with van der Waals surface area (Å²) in [7, 11) is 1.44. The van der Waals surface area contributed by atoms with Gasteiger partial charge in [0.1, 0.15) is 34.7 Å². The average molecular weight is 1080 g/mol. The zero-order chi connectivity index (χ0) is 58.3. The number of amides is 1. The fourth-order valence-electron chi connectivity index (χ4n) is 10.5. The molecule has 0 unspecified atom stereocenters. The Bertz CT molecular complexity index is 2900. The van der Waals surface area contributed by atoms with Gasteiger partial charge in [-0.15, -0.1) is 0 Å². The van der Waals surface area contributed by atoms with E-state index in [0.717, 1.165) is 0 Å². The van der Waals surface area contributed by atoms with E-state index in [4.69, 9.17) is 28.4 Å². The Morgan fingerprint density at radius 1 is 0.808 bits per heavy atom. The molecular weight excluding hydrogens is 999 g/mol. The monoisotopic (exact) mass is 1080 g/mol. The molecule has 17 nitrogen and oxygen atoms in total. The third kappa shape index (κ3) is 12.6. The fraction of sp³-hybridized carbons (Fsp3) is 0.557. The van der Waals surface area contributed by atoms with Crippen LogP contribution in [-0.4, -0.2) is 113 Å². The van der Waals surface area contributed by atoms with Crippen LogP contribution >= 0.6 is 0 Å². The topological polar surface area (TPSA) is 220 Å². The lowest BCUT2D eigenvalue weighted by Gasteiger charge is -2.38. The number of hydrogen-bond donors (Lipinski definition) is 4. The number of allylic oxidation sites excluding steroid dienone is 2. The molecule has 0 saturated carbocycles. The van der Waals surface area contributed by atoms with Crippen molar-refractivity contribution in [3.63, 3.8) is 0 Å². The number of benzene rings is 3. The Morgan fingerprint density at radius 3 is 1.94 bits per heavy atom. The Labute approximate surface area is 459 Å². The quantitative estimate of drug-likeness (QED) is 0.128. The number of anilines is 2. The molecule has 4 aliphatic rings. The molecule has 3 aromatic carbocycles. The number of rotatable bonds is 7. The lowest BCUT2D eigenvalue weighted by Crippen LogP contribution is -2.46. The summed E-state index contributed by atoms with van der Waals surface area (Å²) in [6, 6.07) is 4.32. The van der Waals surface area contributed by atoms with E-state index in [0.29, 0.717) is 32.7 Å². The van der Waals surface area contributed by atoms with Gasteiger partial charge >= 0.3 is 23.7 Å². The normalized spacial score (nSPS) is 26.9. The van der Waals surface area contributed by atoms with Gasteiger partial charge in [0.05, 0.1) is 46.4 Å². The van der Waals surface area contributed by atoms with Crippen LogP contribution in [0.4, 0.5) is 11.4 Å². The predicted octanol–water partition coefficient (Wildman–Crippen LogP) is 9.49. The summed E-state index contributed by atoms with van der Waals surface area (Å²) in [5.74, 6) is -9.37. The van der Waals surface area contributed by atoms with Gasteiger partial charge in [0.2, 0.25) is 0 Å². The van der Waals surface area contributed by atoms with Gasteiger partial charge in [-0.05, 0) is 98.9 Å². The number of ether oxygens (including phenoxy) is 6. The second-order valence-electron chi connectivity index (χ2n) is 23.9. The number of aromatic hydroxyl groups is 1. The summed E-state index contributed by atoms with van der Waals surface area (Å²) >= 11 is 0. The number of ketones is 1. The number of carbonyl (C=O) groups is 5. The maximum absolute atomic E-state index is 15.4. The van der Waals surface area contributed by atoms with Gasteiger partial charge in [-0.3, -0.25) is 28.9 Å². The van der Waals surface area contributed by atoms with Crippen molar-refractivity contribution in [1.29, 1.82) is 0 Å². The number of esters is 3. The number of aryl methyl sites for hydroxylation is 3. The summed E-state index contributed by atoms with van der Waals surface area (Å²) in [4.78, 5) is 75.6. The van der Waals surface area contributed by atoms with Crippen molar-refractivity contribution in [2.24, 2.45) is 34.5 Å². The fourth-order valence-corrected chi connectivity index (χ4v) is 10.5. The molecule has 4 heterocycles. The number of piperazine rings is 1. The number of fused-ring (bicyclic) bond motifs is 14. The van der Waals surface area contributed by atoms with E-state index >= 15 is 4.79 Å². The standard InChI is InChI=1S/C61H83N3O14/c1-31-28-34(4)41(35(5)29-31)30-63-23-25-64(26-24-63)47-46-54(77-58(72)60(14,15)16)44-43(50(47)68)45-53(39(9)52(44)76-57(71)59(11,12)13)78-61(17,55(45)69)74-27-22-42(73-18)36(6)51(75-40(10)65)38(8)49(67)37(7)48(66)32(2)20-19-21-33(3)56(70)62-46/h19-22,27-29,32,36-38,42,48-49,51,66-68H,23-26,30H2,1-18H3,(H,62,70)/b20-19-,27-22?,33-21-/t32-,36+,37+,38+,42-,48-,49+,51+,61-/m0/s1. The molecule has 1 amide bonds. The number of phenols is 1. The molecule has 1 saturated heterocycles. The summed E-state index contributed by atoms with van der Waals surface area (Å²) in [6.07, 6.45) is 3.53. The van der Waals surface area contributed by atoms with Crippen molar-refractivity contribution in [1.82, 2.24) is 4.90 Å². The summed E-state index contributed by atoms with van der Waals surface area (Å²) in [5, 5.41) is 39.3. The highest BCUT2D eigenvalue weighted by atomic mass is 16.7. The maximum atomic E-state index is 15.4. The number of aliphatic hydroxyl groups excluding tert-OH is 2. The molecule has 426 valence electrons. The van der Waals surface area contributed by atoms with E-state index in [1.807, 2.05) is 4.90 Å². The van der Waals surface area contributed by atoms with Crippen LogP contribution in [-0.2, 0) is 39.9 Å². The smallest absolute Gasteiger partial charge is 0.316 e. The molecule has 4 N–H and O–H groups in total. The Hall–Kier alpha value is -6.27. The average Bonchev–Trinajstić information content (AvgIpc) is 3.88. The number of methoxy groups -OCH3 is 1. The summed E-state index contributed by atoms with van der Waals surface area (Å²) < 4.78 is 37.3. The van der Waals surface area contributed by atoms with Crippen molar-refractivity contribution in [2.45, 2.75) is 154 Å². The van der Waals surface area contributed by atoms with Crippen LogP contribution in [0.3, 0.4) is 0 Å². The second-order valence-corrected chi connectivity index (χ2v) is 23.9. The molecule has 3 aromatic rings. The Morgan fingerprint density at radius 2 is 1.38 bits per heavy atom. The predicted molar refractivity (Wildman–Crippen MR) is 299 cm³/mol. The Kier molecular flexibility index (Phi) is 18.4. The largest absolute Gasteiger partial charge is 0.505 e. The second kappa shape index (κ2) is 23.6. The van der Waals surface area contributed by atoms with Gasteiger partial charge in [0, 0.05) is 93.9 Å². The highest BCUT2D eigenvalue weighted by Gasteiger charge is 2.51. The number of aliphatic hydroxyl groups is 2. The van der Waals surface area contributed by atoms with Crippen LogP contribution in [0.15, 0.2) is 48.3 Å². The van der Waals surface area contributed by atoms with Gasteiger partial charge in [-0.1, -0.05) is 63.6 Å². The van der Waals surface area contributed by atoms with Gasteiger partial charge in [0.25, 0.3) is 11.7 Å². The highest BCUT2D eigenvalue weighted by molar-refractivity contribution is 6.24. The lowest BCUT2D eigenvalue weighted by atomic mass is 9.78. The van der Waals surface area contributed by atoms with Gasteiger partial charge in [-0.25, -0.2) is 0 Å². The van der Waals surface area contributed by atoms with Crippen molar-refractivity contribution < 1.29 is 67.7 Å². The van der Waals surface area contributed by atoms with Crippen LogP contribution in [0, 0.1) is 62.2 Å². The molecule has 9 atom stereocenters. The number of phenolic OH excluding ortho intramolecular Hbond substituents is 1. The van der Waals surface area contributed by atoms with E-state index in [2.05, 4.69) is 43.1 Å². The number of nitrogens with zero attached hydrogens (tertiary/aromatic N) is 2. The van der Waals surface area contributed by atoms with Crippen molar-refractivity contribution >= 4 is 51.7 Å². The third-order valence-electron chi connectivity index (χ3n) is 15.5. The molecule has 5 bridgehead atoms. The maximum Gasteiger partial charge on any atom is 0.316 e. The van der Waals surface area contributed by atoms with Crippen molar-refractivity contribution in [3.8, 4) is 23.0 Å². The van der Waals surface area contributed by atoms with Crippen molar-refractivity contribution in [2.75, 3.05) is 43.5 Å². The van der Waals surface area contributed by atoms with Gasteiger partial charge in [-0.2, -0.15) is 0 Å². The SMILES string of the molecule is CO[C@H]1C=CO[C@@]2(C)Oc3c(C)c(OC(=O)C(C)(C)C)c4c(OC(=O)C(C)(C)C)c(c(N5CCN(Cc6c(C)cc(C)cc6C)CC5)c(O)c4c3C2=O)NC(=O)/C(C)=C\C=C/[C@H](C)[C@H](O)[C@@H](C)[C@@H](O)[C@@H](C)[C@H](OC(C)=O)[C@@H]1C. The van der Waals surface area contributed by atoms with E-state index in [9.17, 15) is 34.5 Å². The van der Waals surface area contributed by atoms with Crippen LogP contribution < -0.4 is 24.4 Å². The zero-order valence-electron chi connectivity index (χ0n) is 48.9. The molecule has 4 aliphatic heterocycles. The van der Waals surface area contributed by atoms with Gasteiger partial charge in [0.15, 0.2) is 5.75 Å². The lowest BCUT2D eigenvalue weighted by molar-refractivity contribution is -0.160. The summed E-state index contributed by atoms with van der Waals surface area (Å²) in [5.41, 5.74) is 2.48. The number of carbonyl (C=O) groups excluding carboxylic acids is 5. The Balaban J connectivity index is 1.67. The first-order valence-electron chi connectivity index (χ1n) is 26.9. The van der Waals surface area contributed by atoms with E-state index in [1.54, 1.807) is 95.2 Å².